The number of aldehydes is 1. The number of alkyl halides is 1. The molecule has 4 heteroatoms. The number of benzene rings is 1. The molecular weight excluding hydrogens is 173 g/mol. The van der Waals surface area contributed by atoms with E-state index in [1.165, 1.54) is 0 Å². The predicted molar refractivity (Wildman–Crippen MR) is 44.2 cm³/mol. The summed E-state index contributed by atoms with van der Waals surface area (Å²) in [5, 5.41) is 0. The molecule has 0 aliphatic heterocycles. The maximum absolute atomic E-state index is 12.4. The number of rotatable bonds is 2. The lowest BCUT2D eigenvalue weighted by Gasteiger charge is -1.92. The zero-order chi connectivity index (χ0) is 9.26. The van der Waals surface area contributed by atoms with Crippen LogP contribution in [0.1, 0.15) is 16.2 Å². The molecule has 66 valence electrons. The van der Waals surface area contributed by atoms with Crippen LogP contribution in [0.2, 0.25) is 0 Å². The second-order valence-corrected chi connectivity index (χ2v) is 2.57. The van der Waals surface area contributed by atoms with Crippen molar-refractivity contribution in [2.75, 3.05) is 0 Å². The maximum Gasteiger partial charge on any atom is 0.260 e. The maximum atomic E-state index is 12.4. The lowest BCUT2D eigenvalue weighted by molar-refractivity contribution is 0.109. The molecule has 0 N–H and O–H groups in total. The van der Waals surface area contributed by atoms with Gasteiger partial charge in [-0.15, -0.1) is 0 Å². The Morgan fingerprint density at radius 3 is 3.08 bits per heavy atom. The van der Waals surface area contributed by atoms with Crippen LogP contribution in [0, 0.1) is 0 Å². The summed E-state index contributed by atoms with van der Waals surface area (Å²) < 4.78 is 17.4. The first-order valence-corrected chi connectivity index (χ1v) is 3.74. The molecule has 1 aromatic heterocycles. The lowest BCUT2D eigenvalue weighted by Crippen LogP contribution is -1.77. The number of para-hydroxylation sites is 1. The summed E-state index contributed by atoms with van der Waals surface area (Å²) in [7, 11) is 0. The zero-order valence-corrected chi connectivity index (χ0v) is 6.66. The molecule has 0 spiro atoms. The van der Waals surface area contributed by atoms with Crippen molar-refractivity contribution in [3.05, 3.63) is 29.7 Å². The predicted octanol–water partition coefficient (Wildman–Crippen LogP) is 2.11. The van der Waals surface area contributed by atoms with Crippen LogP contribution in [0.3, 0.4) is 0 Å². The summed E-state index contributed by atoms with van der Waals surface area (Å²) in [5.41, 5.74) is 1.28. The van der Waals surface area contributed by atoms with Crippen molar-refractivity contribution in [1.82, 2.24) is 4.98 Å². The molecule has 0 amide bonds. The van der Waals surface area contributed by atoms with E-state index in [2.05, 4.69) is 4.98 Å². The Labute approximate surface area is 73.2 Å². The molecule has 0 atom stereocenters. The smallest absolute Gasteiger partial charge is 0.260 e. The van der Waals surface area contributed by atoms with Gasteiger partial charge in [0, 0.05) is 5.56 Å². The van der Waals surface area contributed by atoms with Gasteiger partial charge in [-0.3, -0.25) is 4.79 Å². The van der Waals surface area contributed by atoms with E-state index < -0.39 is 6.67 Å². The highest BCUT2D eigenvalue weighted by atomic mass is 19.1. The van der Waals surface area contributed by atoms with Crippen molar-refractivity contribution in [2.24, 2.45) is 0 Å². The summed E-state index contributed by atoms with van der Waals surface area (Å²) in [4.78, 5) is 14.2. The Morgan fingerprint density at radius 2 is 2.38 bits per heavy atom. The Morgan fingerprint density at radius 1 is 1.54 bits per heavy atom. The second-order valence-electron chi connectivity index (χ2n) is 2.57. The molecule has 0 radical (unpaired) electrons. The van der Waals surface area contributed by atoms with Gasteiger partial charge in [-0.2, -0.15) is 0 Å². The van der Waals surface area contributed by atoms with Crippen LogP contribution in [0.5, 0.6) is 0 Å². The monoisotopic (exact) mass is 179 g/mol. The minimum Gasteiger partial charge on any atom is -0.434 e. The third kappa shape index (κ3) is 1.20. The van der Waals surface area contributed by atoms with Crippen LogP contribution in [-0.4, -0.2) is 11.3 Å². The normalized spacial score (nSPS) is 10.5. The van der Waals surface area contributed by atoms with Gasteiger partial charge in [0.15, 0.2) is 5.58 Å². The minimum atomic E-state index is -0.620. The van der Waals surface area contributed by atoms with Crippen molar-refractivity contribution >= 4 is 17.4 Å². The van der Waals surface area contributed by atoms with Crippen LogP contribution in [-0.2, 0) is 6.67 Å². The van der Waals surface area contributed by atoms with E-state index in [9.17, 15) is 9.18 Å². The van der Waals surface area contributed by atoms with Crippen LogP contribution < -0.4 is 0 Å². The van der Waals surface area contributed by atoms with Gasteiger partial charge in [0.2, 0.25) is 6.29 Å². The first-order valence-electron chi connectivity index (χ1n) is 3.74. The van der Waals surface area contributed by atoms with Gasteiger partial charge in [0.25, 0.3) is 5.89 Å². The van der Waals surface area contributed by atoms with E-state index in [1.54, 1.807) is 18.2 Å². The molecule has 1 heterocycles. The minimum absolute atomic E-state index is 0.0177. The molecule has 0 aliphatic carbocycles. The highest BCUT2D eigenvalue weighted by Crippen LogP contribution is 2.19. The average molecular weight is 179 g/mol. The van der Waals surface area contributed by atoms with Crippen molar-refractivity contribution < 1.29 is 13.6 Å². The topological polar surface area (TPSA) is 43.1 Å². The van der Waals surface area contributed by atoms with Gasteiger partial charge in [-0.1, -0.05) is 12.1 Å². The van der Waals surface area contributed by atoms with Crippen LogP contribution in [0.15, 0.2) is 22.6 Å². The van der Waals surface area contributed by atoms with Crippen molar-refractivity contribution in [3.63, 3.8) is 0 Å². The number of aromatic nitrogens is 1. The summed E-state index contributed by atoms with van der Waals surface area (Å²) in [6, 6.07) is 4.95. The molecule has 2 aromatic rings. The van der Waals surface area contributed by atoms with E-state index in [0.29, 0.717) is 22.9 Å². The molecule has 0 unspecified atom stereocenters. The summed E-state index contributed by atoms with van der Waals surface area (Å²) in [6.45, 7) is -0.620. The van der Waals surface area contributed by atoms with E-state index in [4.69, 9.17) is 4.42 Å². The Bertz CT molecular complexity index is 450. The van der Waals surface area contributed by atoms with Gasteiger partial charge in [0.05, 0.1) is 0 Å². The van der Waals surface area contributed by atoms with Crippen molar-refractivity contribution in [1.29, 1.82) is 0 Å². The Hall–Kier alpha value is -1.71. The average Bonchev–Trinajstić information content (AvgIpc) is 2.59. The Balaban J connectivity index is 2.74. The number of nitrogens with zero attached hydrogens (tertiary/aromatic N) is 1. The Kier molecular flexibility index (Phi) is 1.81. The number of halogens is 1. The quantitative estimate of drug-likeness (QED) is 0.663. The number of carbonyl (C=O) groups is 1. The molecule has 0 aliphatic rings. The number of fused-ring (bicyclic) bond motifs is 1. The fraction of sp³-hybridized carbons (Fsp3) is 0.111. The van der Waals surface area contributed by atoms with Gasteiger partial charge in [-0.05, 0) is 6.07 Å². The first kappa shape index (κ1) is 7.91. The third-order valence-electron chi connectivity index (χ3n) is 1.76. The molecule has 0 saturated heterocycles. The number of carbonyl (C=O) groups excluding carboxylic acids is 1. The fourth-order valence-electron chi connectivity index (χ4n) is 1.18. The zero-order valence-electron chi connectivity index (χ0n) is 6.66. The largest absolute Gasteiger partial charge is 0.434 e. The molecule has 1 aromatic carbocycles. The fourth-order valence-corrected chi connectivity index (χ4v) is 1.18. The van der Waals surface area contributed by atoms with Gasteiger partial charge >= 0.3 is 0 Å². The number of hydrogen-bond acceptors (Lipinski definition) is 3. The SMILES string of the molecule is O=Cc1nc2cccc(CF)c2o1. The van der Waals surface area contributed by atoms with Crippen molar-refractivity contribution in [2.45, 2.75) is 6.67 Å². The third-order valence-corrected chi connectivity index (χ3v) is 1.76. The molecule has 0 bridgehead atoms. The standard InChI is InChI=1S/C9H6FNO2/c10-4-6-2-1-3-7-9(6)13-8(5-12)11-7/h1-3,5H,4H2. The second kappa shape index (κ2) is 2.97. The van der Waals surface area contributed by atoms with Crippen LogP contribution in [0.25, 0.3) is 11.1 Å². The molecule has 0 fully saturated rings. The van der Waals surface area contributed by atoms with Crippen LogP contribution >= 0.6 is 0 Å². The summed E-state index contributed by atoms with van der Waals surface area (Å²) in [6.07, 6.45) is 0.502. The van der Waals surface area contributed by atoms with E-state index >= 15 is 0 Å². The van der Waals surface area contributed by atoms with Gasteiger partial charge in [-0.25, -0.2) is 9.37 Å². The van der Waals surface area contributed by atoms with Crippen molar-refractivity contribution in [3.8, 4) is 0 Å². The molecular formula is C9H6FNO2. The number of oxazole rings is 1. The summed E-state index contributed by atoms with van der Waals surface area (Å²) >= 11 is 0. The van der Waals surface area contributed by atoms with E-state index in [-0.39, 0.29) is 5.89 Å². The lowest BCUT2D eigenvalue weighted by atomic mass is 10.2. The van der Waals surface area contributed by atoms with Gasteiger partial charge < -0.3 is 4.42 Å². The van der Waals surface area contributed by atoms with E-state index in [0.717, 1.165) is 0 Å². The van der Waals surface area contributed by atoms with E-state index in [1.807, 2.05) is 0 Å². The molecule has 2 rings (SSSR count). The summed E-state index contributed by atoms with van der Waals surface area (Å²) in [5.74, 6) is -0.0177. The molecule has 0 saturated carbocycles. The highest BCUT2D eigenvalue weighted by Gasteiger charge is 2.08. The molecule has 3 nitrogen and oxygen atoms in total. The van der Waals surface area contributed by atoms with Crippen LogP contribution in [0.4, 0.5) is 4.39 Å². The van der Waals surface area contributed by atoms with Gasteiger partial charge in [0.1, 0.15) is 12.2 Å². The molecule has 13 heavy (non-hydrogen) atoms. The highest BCUT2D eigenvalue weighted by molar-refractivity contribution is 5.81. The first-order chi connectivity index (χ1) is 6.35. The number of hydrogen-bond donors (Lipinski definition) is 0.